The summed E-state index contributed by atoms with van der Waals surface area (Å²) in [6.45, 7) is 4.53. The van der Waals surface area contributed by atoms with Gasteiger partial charge >= 0.3 is 6.03 Å². The van der Waals surface area contributed by atoms with Gasteiger partial charge in [0.05, 0.1) is 37.1 Å². The van der Waals surface area contributed by atoms with Crippen LogP contribution in [0.3, 0.4) is 0 Å². The van der Waals surface area contributed by atoms with E-state index in [2.05, 4.69) is 5.32 Å². The van der Waals surface area contributed by atoms with E-state index in [9.17, 15) is 14.4 Å². The van der Waals surface area contributed by atoms with Gasteiger partial charge in [-0.2, -0.15) is 0 Å². The van der Waals surface area contributed by atoms with Crippen LogP contribution in [0.4, 0.5) is 4.79 Å². The minimum atomic E-state index is -0.629. The molecule has 1 fully saturated rings. The van der Waals surface area contributed by atoms with Gasteiger partial charge in [0.25, 0.3) is 5.91 Å². The van der Waals surface area contributed by atoms with Crippen molar-refractivity contribution in [2.75, 3.05) is 45.9 Å². The summed E-state index contributed by atoms with van der Waals surface area (Å²) in [6, 6.07) is 15.9. The number of ether oxygens (including phenoxy) is 2. The Morgan fingerprint density at radius 1 is 1.06 bits per heavy atom. The highest BCUT2D eigenvalue weighted by atomic mass is 16.5. The first-order chi connectivity index (χ1) is 17.0. The molecule has 1 saturated heterocycles. The van der Waals surface area contributed by atoms with Crippen LogP contribution in [0.15, 0.2) is 65.9 Å². The molecule has 3 aliphatic rings. The average molecular weight is 477 g/mol. The zero-order valence-corrected chi connectivity index (χ0v) is 19.6. The Kier molecular flexibility index (Phi) is 6.41. The quantitative estimate of drug-likeness (QED) is 0.692. The summed E-state index contributed by atoms with van der Waals surface area (Å²) in [4.78, 5) is 44.2. The van der Waals surface area contributed by atoms with Crippen LogP contribution in [0.2, 0.25) is 0 Å². The van der Waals surface area contributed by atoms with Crippen LogP contribution in [0.5, 0.6) is 11.5 Å². The summed E-state index contributed by atoms with van der Waals surface area (Å²) in [7, 11) is 0. The van der Waals surface area contributed by atoms with Gasteiger partial charge in [-0.05, 0) is 36.8 Å². The summed E-state index contributed by atoms with van der Waals surface area (Å²) in [5, 5.41) is 2.98. The van der Waals surface area contributed by atoms with E-state index in [1.807, 2.05) is 61.5 Å². The van der Waals surface area contributed by atoms with Crippen LogP contribution < -0.4 is 10.1 Å². The Morgan fingerprint density at radius 2 is 1.80 bits per heavy atom. The van der Waals surface area contributed by atoms with Gasteiger partial charge in [-0.25, -0.2) is 4.79 Å². The van der Waals surface area contributed by atoms with Gasteiger partial charge in [0.1, 0.15) is 18.0 Å². The molecule has 3 heterocycles. The Hall–Kier alpha value is -3.85. The molecule has 0 saturated carbocycles. The number of amides is 4. The molecule has 3 aliphatic heterocycles. The smallest absolute Gasteiger partial charge is 0.322 e. The first-order valence-electron chi connectivity index (χ1n) is 11.8. The number of hydrogen-bond donors (Lipinski definition) is 1. The van der Waals surface area contributed by atoms with Crippen LogP contribution in [0.25, 0.3) is 0 Å². The van der Waals surface area contributed by atoms with E-state index in [0.29, 0.717) is 55.6 Å². The second-order valence-corrected chi connectivity index (χ2v) is 8.63. The van der Waals surface area contributed by atoms with Crippen molar-refractivity contribution in [3.63, 3.8) is 0 Å². The molecule has 0 aromatic heterocycles. The molecular weight excluding hydrogens is 448 g/mol. The lowest BCUT2D eigenvalue weighted by atomic mass is 9.95. The molecular formula is C26H28N4O5. The largest absolute Gasteiger partial charge is 0.457 e. The highest BCUT2D eigenvalue weighted by Crippen LogP contribution is 2.37. The number of morpholine rings is 1. The summed E-state index contributed by atoms with van der Waals surface area (Å²) in [5.74, 6) is 0.949. The van der Waals surface area contributed by atoms with E-state index < -0.39 is 6.04 Å². The van der Waals surface area contributed by atoms with Crippen molar-refractivity contribution in [2.24, 2.45) is 0 Å². The number of nitrogens with zero attached hydrogens (tertiary/aromatic N) is 3. The van der Waals surface area contributed by atoms with E-state index in [1.165, 1.54) is 4.90 Å². The molecule has 0 aliphatic carbocycles. The van der Waals surface area contributed by atoms with Gasteiger partial charge in [-0.15, -0.1) is 0 Å². The molecule has 2 aromatic carbocycles. The molecule has 1 N–H and O–H groups in total. The Morgan fingerprint density at radius 3 is 2.54 bits per heavy atom. The summed E-state index contributed by atoms with van der Waals surface area (Å²) < 4.78 is 11.3. The molecule has 5 rings (SSSR count). The monoisotopic (exact) mass is 476 g/mol. The number of para-hydroxylation sites is 1. The maximum Gasteiger partial charge on any atom is 0.322 e. The van der Waals surface area contributed by atoms with Crippen molar-refractivity contribution in [1.82, 2.24) is 20.0 Å². The zero-order chi connectivity index (χ0) is 24.4. The third-order valence-corrected chi connectivity index (χ3v) is 6.47. The summed E-state index contributed by atoms with van der Waals surface area (Å²) in [5.41, 5.74) is 1.89. The first-order valence-corrected chi connectivity index (χ1v) is 11.8. The van der Waals surface area contributed by atoms with E-state index in [4.69, 9.17) is 9.47 Å². The zero-order valence-electron chi connectivity index (χ0n) is 19.6. The van der Waals surface area contributed by atoms with E-state index in [0.717, 1.165) is 5.56 Å². The standard InChI is InChI=1S/C26H28N4O5/c1-2-30-21-16-29(17-22(31)28-11-13-34-14-12-28)25(32)23(21)24(27-26(30)33)18-7-6-10-20(15-18)35-19-8-4-3-5-9-19/h3-10,15,24H,2,11-14,16-17H2,1H3,(H,27,33)/t24-/m1/s1. The Bertz CT molecular complexity index is 1160. The van der Waals surface area contributed by atoms with Gasteiger partial charge in [0.2, 0.25) is 5.91 Å². The van der Waals surface area contributed by atoms with Crippen molar-refractivity contribution in [3.8, 4) is 11.5 Å². The van der Waals surface area contributed by atoms with Gasteiger partial charge < -0.3 is 24.6 Å². The van der Waals surface area contributed by atoms with E-state index >= 15 is 0 Å². The molecule has 9 nitrogen and oxygen atoms in total. The maximum atomic E-state index is 13.5. The fourth-order valence-electron chi connectivity index (χ4n) is 4.72. The SMILES string of the molecule is CCN1C(=O)N[C@H](c2cccc(Oc3ccccc3)c2)C2=C1CN(CC(=O)N1CCOCC1)C2=O. The number of hydrogen-bond acceptors (Lipinski definition) is 5. The normalized spacial score (nSPS) is 20.1. The van der Waals surface area contributed by atoms with Crippen LogP contribution >= 0.6 is 0 Å². The number of benzene rings is 2. The Labute approximate surface area is 203 Å². The topological polar surface area (TPSA) is 91.4 Å². The fraction of sp³-hybridized carbons (Fsp3) is 0.346. The average Bonchev–Trinajstić information content (AvgIpc) is 3.20. The molecule has 0 spiro atoms. The third kappa shape index (κ3) is 4.59. The number of rotatable bonds is 6. The number of carbonyl (C=O) groups excluding carboxylic acids is 3. The molecule has 1 atom stereocenters. The molecule has 9 heteroatoms. The highest BCUT2D eigenvalue weighted by Gasteiger charge is 2.44. The van der Waals surface area contributed by atoms with Crippen molar-refractivity contribution in [1.29, 1.82) is 0 Å². The van der Waals surface area contributed by atoms with Crippen molar-refractivity contribution < 1.29 is 23.9 Å². The predicted octanol–water partition coefficient (Wildman–Crippen LogP) is 2.52. The van der Waals surface area contributed by atoms with Gasteiger partial charge in [0.15, 0.2) is 0 Å². The van der Waals surface area contributed by atoms with E-state index in [-0.39, 0.29) is 30.9 Å². The number of carbonyl (C=O) groups is 3. The summed E-state index contributed by atoms with van der Waals surface area (Å²) >= 11 is 0. The summed E-state index contributed by atoms with van der Waals surface area (Å²) in [6.07, 6.45) is 0. The molecule has 0 radical (unpaired) electrons. The first kappa shape index (κ1) is 22.9. The van der Waals surface area contributed by atoms with Crippen molar-refractivity contribution in [3.05, 3.63) is 71.4 Å². The van der Waals surface area contributed by atoms with Gasteiger partial charge in [-0.1, -0.05) is 30.3 Å². The van der Waals surface area contributed by atoms with Crippen LogP contribution in [-0.2, 0) is 14.3 Å². The minimum absolute atomic E-state index is 0.0263. The highest BCUT2D eigenvalue weighted by molar-refractivity contribution is 6.03. The van der Waals surface area contributed by atoms with Crippen molar-refractivity contribution >= 4 is 17.8 Å². The fourth-order valence-corrected chi connectivity index (χ4v) is 4.72. The van der Waals surface area contributed by atoms with E-state index in [1.54, 1.807) is 9.80 Å². The van der Waals surface area contributed by atoms with Gasteiger partial charge in [-0.3, -0.25) is 14.5 Å². The lowest BCUT2D eigenvalue weighted by Crippen LogP contribution is -2.47. The third-order valence-electron chi connectivity index (χ3n) is 6.47. The molecule has 35 heavy (non-hydrogen) atoms. The minimum Gasteiger partial charge on any atom is -0.457 e. The molecule has 4 amide bonds. The van der Waals surface area contributed by atoms with Crippen LogP contribution in [0, 0.1) is 0 Å². The number of nitrogens with one attached hydrogen (secondary N) is 1. The second kappa shape index (κ2) is 9.79. The lowest BCUT2D eigenvalue weighted by Gasteiger charge is -2.33. The van der Waals surface area contributed by atoms with Crippen LogP contribution in [0.1, 0.15) is 18.5 Å². The predicted molar refractivity (Wildman–Crippen MR) is 128 cm³/mol. The van der Waals surface area contributed by atoms with Crippen molar-refractivity contribution in [2.45, 2.75) is 13.0 Å². The maximum absolute atomic E-state index is 13.5. The molecule has 0 bridgehead atoms. The number of likely N-dealkylation sites (N-methyl/N-ethyl adjacent to an activating group) is 1. The Balaban J connectivity index is 1.40. The molecule has 2 aromatic rings. The molecule has 182 valence electrons. The van der Waals surface area contributed by atoms with Crippen LogP contribution in [-0.4, -0.2) is 78.5 Å². The lowest BCUT2D eigenvalue weighted by molar-refractivity contribution is -0.140. The number of urea groups is 1. The van der Waals surface area contributed by atoms with Gasteiger partial charge in [0, 0.05) is 19.6 Å². The molecule has 0 unspecified atom stereocenters. The second-order valence-electron chi connectivity index (χ2n) is 8.63.